The smallest absolute Gasteiger partial charge is 0.318 e. The van der Waals surface area contributed by atoms with E-state index in [0.29, 0.717) is 13.1 Å². The molecule has 0 saturated carbocycles. The van der Waals surface area contributed by atoms with Gasteiger partial charge in [0.2, 0.25) is 5.91 Å². The number of fused-ring (bicyclic) bond motifs is 1. The highest BCUT2D eigenvalue weighted by molar-refractivity contribution is 5.85. The number of carbonyl (C=O) groups is 2. The van der Waals surface area contributed by atoms with Gasteiger partial charge in [-0.1, -0.05) is 18.2 Å². The van der Waals surface area contributed by atoms with E-state index < -0.39 is 0 Å². The van der Waals surface area contributed by atoms with Gasteiger partial charge in [-0.3, -0.25) is 4.79 Å². The van der Waals surface area contributed by atoms with Crippen LogP contribution in [0, 0.1) is 0 Å². The van der Waals surface area contributed by atoms with E-state index in [4.69, 9.17) is 4.74 Å². The van der Waals surface area contributed by atoms with E-state index in [9.17, 15) is 9.59 Å². The van der Waals surface area contributed by atoms with Crippen LogP contribution < -0.4 is 15.4 Å². The zero-order valence-electron chi connectivity index (χ0n) is 16.8. The van der Waals surface area contributed by atoms with Crippen LogP contribution in [0.3, 0.4) is 0 Å². The highest BCUT2D eigenvalue weighted by atomic mass is 16.5. The summed E-state index contributed by atoms with van der Waals surface area (Å²) in [5.74, 6) is 0.648. The molecule has 0 aliphatic rings. The molecule has 0 unspecified atom stereocenters. The van der Waals surface area contributed by atoms with Gasteiger partial charge < -0.3 is 20.3 Å². The summed E-state index contributed by atoms with van der Waals surface area (Å²) in [5, 5.41) is 7.92. The fraction of sp³-hybridized carbons (Fsp3) is 0.429. The number of urea groups is 1. The Morgan fingerprint density at radius 2 is 1.74 bits per heavy atom. The molecule has 0 spiro atoms. The number of hydrogen-bond donors (Lipinski definition) is 2. The van der Waals surface area contributed by atoms with Gasteiger partial charge in [-0.15, -0.1) is 0 Å². The molecule has 0 radical (unpaired) electrons. The van der Waals surface area contributed by atoms with Gasteiger partial charge in [0.25, 0.3) is 0 Å². The van der Waals surface area contributed by atoms with Crippen molar-refractivity contribution < 1.29 is 14.3 Å². The number of carbonyl (C=O) groups excluding carboxylic acids is 2. The van der Waals surface area contributed by atoms with Gasteiger partial charge in [-0.25, -0.2) is 4.79 Å². The highest BCUT2D eigenvalue weighted by Gasteiger charge is 2.19. The van der Waals surface area contributed by atoms with Crippen molar-refractivity contribution in [3.63, 3.8) is 0 Å². The second-order valence-electron chi connectivity index (χ2n) is 7.52. The summed E-state index contributed by atoms with van der Waals surface area (Å²) in [5.41, 5.74) is 0.678. The minimum atomic E-state index is -0.319. The molecular formula is C21H29N3O3. The third-order valence-corrected chi connectivity index (χ3v) is 4.07. The summed E-state index contributed by atoms with van der Waals surface area (Å²) in [6, 6.07) is 11.7. The van der Waals surface area contributed by atoms with Crippen molar-refractivity contribution >= 4 is 22.7 Å². The van der Waals surface area contributed by atoms with Crippen LogP contribution in [0.2, 0.25) is 0 Å². The fourth-order valence-electron chi connectivity index (χ4n) is 2.76. The first-order valence-electron chi connectivity index (χ1n) is 9.12. The SMILES string of the molecule is CCN(CC(=O)NC(C)(C)C)C(=O)NCc1ccc2cc(OC)ccc2c1. The predicted molar refractivity (Wildman–Crippen MR) is 108 cm³/mol. The molecule has 27 heavy (non-hydrogen) atoms. The van der Waals surface area contributed by atoms with Crippen molar-refractivity contribution in [2.75, 3.05) is 20.2 Å². The van der Waals surface area contributed by atoms with Crippen molar-refractivity contribution in [2.45, 2.75) is 39.8 Å². The molecular weight excluding hydrogens is 342 g/mol. The Balaban J connectivity index is 1.96. The summed E-state index contributed by atoms with van der Waals surface area (Å²) < 4.78 is 5.24. The number of likely N-dealkylation sites (N-methyl/N-ethyl adjacent to an activating group) is 1. The zero-order chi connectivity index (χ0) is 20.0. The molecule has 0 heterocycles. The van der Waals surface area contributed by atoms with E-state index in [1.165, 1.54) is 4.90 Å². The summed E-state index contributed by atoms with van der Waals surface area (Å²) >= 11 is 0. The fourth-order valence-corrected chi connectivity index (χ4v) is 2.76. The van der Waals surface area contributed by atoms with E-state index in [0.717, 1.165) is 22.1 Å². The highest BCUT2D eigenvalue weighted by Crippen LogP contribution is 2.21. The molecule has 2 rings (SSSR count). The molecule has 2 aromatic rings. The first kappa shape index (κ1) is 20.6. The third kappa shape index (κ3) is 6.16. The van der Waals surface area contributed by atoms with Crippen LogP contribution in [0.1, 0.15) is 33.3 Å². The van der Waals surface area contributed by atoms with E-state index in [-0.39, 0.29) is 24.0 Å². The number of nitrogens with zero attached hydrogens (tertiary/aromatic N) is 1. The minimum Gasteiger partial charge on any atom is -0.497 e. The Morgan fingerprint density at radius 3 is 2.37 bits per heavy atom. The van der Waals surface area contributed by atoms with Crippen molar-refractivity contribution in [1.29, 1.82) is 0 Å². The van der Waals surface area contributed by atoms with Crippen LogP contribution >= 0.6 is 0 Å². The lowest BCUT2D eigenvalue weighted by Gasteiger charge is -2.25. The maximum Gasteiger partial charge on any atom is 0.318 e. The Hall–Kier alpha value is -2.76. The van der Waals surface area contributed by atoms with Crippen molar-refractivity contribution in [2.24, 2.45) is 0 Å². The quantitative estimate of drug-likeness (QED) is 0.818. The summed E-state index contributed by atoms with van der Waals surface area (Å²) in [6.45, 7) is 8.49. The first-order chi connectivity index (χ1) is 12.7. The Morgan fingerprint density at radius 1 is 1.07 bits per heavy atom. The first-order valence-corrected chi connectivity index (χ1v) is 9.12. The predicted octanol–water partition coefficient (Wildman–Crippen LogP) is 3.29. The zero-order valence-corrected chi connectivity index (χ0v) is 16.8. The number of benzene rings is 2. The third-order valence-electron chi connectivity index (χ3n) is 4.07. The number of rotatable bonds is 6. The molecule has 6 nitrogen and oxygen atoms in total. The average molecular weight is 371 g/mol. The van der Waals surface area contributed by atoms with Gasteiger partial charge >= 0.3 is 6.03 Å². The molecule has 0 aromatic heterocycles. The van der Waals surface area contributed by atoms with Gasteiger partial charge in [0.15, 0.2) is 0 Å². The summed E-state index contributed by atoms with van der Waals surface area (Å²) in [7, 11) is 1.65. The van der Waals surface area contributed by atoms with Gasteiger partial charge in [-0.05, 0) is 62.2 Å². The van der Waals surface area contributed by atoms with Crippen LogP contribution in [-0.4, -0.2) is 42.6 Å². The molecule has 0 fully saturated rings. The summed E-state index contributed by atoms with van der Waals surface area (Å²) in [6.07, 6.45) is 0. The second-order valence-corrected chi connectivity index (χ2v) is 7.52. The molecule has 0 bridgehead atoms. The lowest BCUT2D eigenvalue weighted by Crippen LogP contribution is -2.49. The molecule has 0 aliphatic heterocycles. The van der Waals surface area contributed by atoms with Crippen molar-refractivity contribution in [3.05, 3.63) is 42.0 Å². The molecule has 0 atom stereocenters. The number of hydrogen-bond acceptors (Lipinski definition) is 3. The monoisotopic (exact) mass is 371 g/mol. The Kier molecular flexibility index (Phi) is 6.66. The van der Waals surface area contributed by atoms with E-state index in [1.54, 1.807) is 7.11 Å². The Bertz CT molecular complexity index is 812. The molecule has 2 N–H and O–H groups in total. The van der Waals surface area contributed by atoms with Crippen LogP contribution in [0.25, 0.3) is 10.8 Å². The number of nitrogens with one attached hydrogen (secondary N) is 2. The molecule has 6 heteroatoms. The number of amides is 3. The minimum absolute atomic E-state index is 0.0388. The maximum atomic E-state index is 12.4. The Labute approximate surface area is 160 Å². The van der Waals surface area contributed by atoms with Crippen LogP contribution in [-0.2, 0) is 11.3 Å². The van der Waals surface area contributed by atoms with Gasteiger partial charge in [0.1, 0.15) is 12.3 Å². The number of ether oxygens (including phenoxy) is 1. The van der Waals surface area contributed by atoms with Crippen LogP contribution in [0.4, 0.5) is 4.79 Å². The van der Waals surface area contributed by atoms with Gasteiger partial charge in [-0.2, -0.15) is 0 Å². The lowest BCUT2D eigenvalue weighted by atomic mass is 10.1. The van der Waals surface area contributed by atoms with Crippen LogP contribution in [0.15, 0.2) is 36.4 Å². The number of methoxy groups -OCH3 is 1. The lowest BCUT2D eigenvalue weighted by molar-refractivity contribution is -0.123. The van der Waals surface area contributed by atoms with Crippen molar-refractivity contribution in [1.82, 2.24) is 15.5 Å². The maximum absolute atomic E-state index is 12.4. The van der Waals surface area contributed by atoms with Gasteiger partial charge in [0, 0.05) is 18.6 Å². The molecule has 0 saturated heterocycles. The molecule has 2 aromatic carbocycles. The topological polar surface area (TPSA) is 70.7 Å². The molecule has 0 aliphatic carbocycles. The van der Waals surface area contributed by atoms with Gasteiger partial charge in [0.05, 0.1) is 7.11 Å². The van der Waals surface area contributed by atoms with E-state index in [2.05, 4.69) is 10.6 Å². The van der Waals surface area contributed by atoms with E-state index in [1.807, 2.05) is 64.1 Å². The largest absolute Gasteiger partial charge is 0.497 e. The molecule has 3 amide bonds. The summed E-state index contributed by atoms with van der Waals surface area (Å²) in [4.78, 5) is 26.0. The van der Waals surface area contributed by atoms with Crippen molar-refractivity contribution in [3.8, 4) is 5.75 Å². The normalized spacial score (nSPS) is 11.1. The standard InChI is InChI=1S/C21H29N3O3/c1-6-24(14-19(25)23-21(2,3)4)20(26)22-13-15-7-8-17-12-18(27-5)10-9-16(17)11-15/h7-12H,6,13-14H2,1-5H3,(H,22,26)(H,23,25). The van der Waals surface area contributed by atoms with Crippen LogP contribution in [0.5, 0.6) is 5.75 Å². The second kappa shape index (κ2) is 8.75. The average Bonchev–Trinajstić information content (AvgIpc) is 2.62. The van der Waals surface area contributed by atoms with E-state index >= 15 is 0 Å². The molecule has 146 valence electrons.